The van der Waals surface area contributed by atoms with E-state index in [4.69, 9.17) is 17.3 Å². The van der Waals surface area contributed by atoms with E-state index in [2.05, 4.69) is 10.3 Å². The van der Waals surface area contributed by atoms with Crippen LogP contribution in [0.1, 0.15) is 35.7 Å². The summed E-state index contributed by atoms with van der Waals surface area (Å²) in [5, 5.41) is 9.14. The van der Waals surface area contributed by atoms with Gasteiger partial charge in [-0.3, -0.25) is 0 Å². The number of aromatic nitrogens is 3. The predicted molar refractivity (Wildman–Crippen MR) is 71.0 cm³/mol. The SMILES string of the molecule is Cc1ccc(-n2nnc(CN)c2C2CC2)cc1Cl. The van der Waals surface area contributed by atoms with Crippen LogP contribution in [-0.2, 0) is 6.54 Å². The van der Waals surface area contributed by atoms with Gasteiger partial charge in [0.15, 0.2) is 0 Å². The third-order valence-corrected chi connectivity index (χ3v) is 3.74. The zero-order chi connectivity index (χ0) is 12.7. The molecular formula is C13H15ClN4. The van der Waals surface area contributed by atoms with E-state index in [-0.39, 0.29) is 0 Å². The highest BCUT2D eigenvalue weighted by molar-refractivity contribution is 6.31. The van der Waals surface area contributed by atoms with E-state index in [1.165, 1.54) is 12.8 Å². The van der Waals surface area contributed by atoms with Crippen LogP contribution in [0.5, 0.6) is 0 Å². The van der Waals surface area contributed by atoms with Crippen molar-refractivity contribution in [2.45, 2.75) is 32.2 Å². The van der Waals surface area contributed by atoms with Gasteiger partial charge in [-0.1, -0.05) is 22.9 Å². The maximum absolute atomic E-state index is 6.17. The number of benzene rings is 1. The Morgan fingerprint density at radius 1 is 1.44 bits per heavy atom. The quantitative estimate of drug-likeness (QED) is 0.925. The summed E-state index contributed by atoms with van der Waals surface area (Å²) in [6.07, 6.45) is 2.39. The third-order valence-electron chi connectivity index (χ3n) is 3.34. The van der Waals surface area contributed by atoms with Crippen molar-refractivity contribution in [3.63, 3.8) is 0 Å². The molecule has 2 N–H and O–H groups in total. The molecule has 1 aromatic carbocycles. The molecule has 1 fully saturated rings. The van der Waals surface area contributed by atoms with Gasteiger partial charge in [0.1, 0.15) is 5.69 Å². The number of nitrogens with two attached hydrogens (primary N) is 1. The van der Waals surface area contributed by atoms with Gasteiger partial charge in [-0.15, -0.1) is 5.10 Å². The molecule has 0 aliphatic heterocycles. The van der Waals surface area contributed by atoms with Crippen LogP contribution in [0.4, 0.5) is 0 Å². The number of hydrogen-bond acceptors (Lipinski definition) is 3. The molecule has 0 radical (unpaired) electrons. The van der Waals surface area contributed by atoms with E-state index in [0.29, 0.717) is 12.5 Å². The molecule has 3 rings (SSSR count). The lowest BCUT2D eigenvalue weighted by Gasteiger charge is -2.08. The first-order valence-corrected chi connectivity index (χ1v) is 6.49. The molecule has 0 saturated heterocycles. The highest BCUT2D eigenvalue weighted by Crippen LogP contribution is 2.42. The number of rotatable bonds is 3. The molecule has 1 heterocycles. The van der Waals surface area contributed by atoms with Gasteiger partial charge in [-0.25, -0.2) is 4.68 Å². The summed E-state index contributed by atoms with van der Waals surface area (Å²) in [5.74, 6) is 0.554. The van der Waals surface area contributed by atoms with Crippen LogP contribution >= 0.6 is 11.6 Å². The smallest absolute Gasteiger partial charge is 0.100 e. The van der Waals surface area contributed by atoms with Crippen LogP contribution in [0, 0.1) is 6.92 Å². The molecule has 1 aliphatic carbocycles. The molecule has 0 amide bonds. The van der Waals surface area contributed by atoms with Gasteiger partial charge in [0.05, 0.1) is 11.4 Å². The summed E-state index contributed by atoms with van der Waals surface area (Å²) in [6.45, 7) is 2.42. The summed E-state index contributed by atoms with van der Waals surface area (Å²) in [5.41, 5.74) is 9.79. The predicted octanol–water partition coefficient (Wildman–Crippen LogP) is 2.57. The Hall–Kier alpha value is -1.39. The van der Waals surface area contributed by atoms with E-state index < -0.39 is 0 Å². The zero-order valence-electron chi connectivity index (χ0n) is 10.2. The Bertz CT molecular complexity index is 587. The zero-order valence-corrected chi connectivity index (χ0v) is 11.0. The number of hydrogen-bond donors (Lipinski definition) is 1. The molecule has 18 heavy (non-hydrogen) atoms. The fourth-order valence-electron chi connectivity index (χ4n) is 2.14. The lowest BCUT2D eigenvalue weighted by atomic mass is 10.2. The average Bonchev–Trinajstić information content (AvgIpc) is 3.12. The van der Waals surface area contributed by atoms with Crippen LogP contribution in [0.3, 0.4) is 0 Å². The van der Waals surface area contributed by atoms with Crippen molar-refractivity contribution in [2.24, 2.45) is 5.73 Å². The summed E-state index contributed by atoms with van der Waals surface area (Å²) in [6, 6.07) is 5.94. The number of halogens is 1. The first-order valence-electron chi connectivity index (χ1n) is 6.11. The number of nitrogens with zero attached hydrogens (tertiary/aromatic N) is 3. The Balaban J connectivity index is 2.10. The van der Waals surface area contributed by atoms with Crippen molar-refractivity contribution in [3.8, 4) is 5.69 Å². The molecule has 94 valence electrons. The Morgan fingerprint density at radius 2 is 2.22 bits per heavy atom. The Kier molecular flexibility index (Phi) is 2.84. The second-order valence-electron chi connectivity index (χ2n) is 4.75. The van der Waals surface area contributed by atoms with Gasteiger partial charge in [-0.2, -0.15) is 0 Å². The molecule has 0 bridgehead atoms. The summed E-state index contributed by atoms with van der Waals surface area (Å²) in [4.78, 5) is 0. The molecule has 1 aromatic heterocycles. The molecule has 2 aromatic rings. The van der Waals surface area contributed by atoms with Gasteiger partial charge < -0.3 is 5.73 Å². The van der Waals surface area contributed by atoms with Crippen molar-refractivity contribution in [1.82, 2.24) is 15.0 Å². The molecule has 0 spiro atoms. The van der Waals surface area contributed by atoms with Crippen LogP contribution in [-0.4, -0.2) is 15.0 Å². The monoisotopic (exact) mass is 262 g/mol. The lowest BCUT2D eigenvalue weighted by Crippen LogP contribution is -2.05. The first kappa shape index (κ1) is 11.7. The van der Waals surface area contributed by atoms with E-state index in [0.717, 1.165) is 27.7 Å². The fourth-order valence-corrected chi connectivity index (χ4v) is 2.31. The van der Waals surface area contributed by atoms with Gasteiger partial charge in [0.25, 0.3) is 0 Å². The van der Waals surface area contributed by atoms with E-state index in [9.17, 15) is 0 Å². The highest BCUT2D eigenvalue weighted by Gasteiger charge is 2.31. The van der Waals surface area contributed by atoms with Gasteiger partial charge >= 0.3 is 0 Å². The highest BCUT2D eigenvalue weighted by atomic mass is 35.5. The van der Waals surface area contributed by atoms with Crippen molar-refractivity contribution < 1.29 is 0 Å². The second-order valence-corrected chi connectivity index (χ2v) is 5.15. The van der Waals surface area contributed by atoms with E-state index in [1.54, 1.807) is 0 Å². The summed E-state index contributed by atoms with van der Waals surface area (Å²) >= 11 is 6.17. The fraction of sp³-hybridized carbons (Fsp3) is 0.385. The molecule has 1 saturated carbocycles. The minimum Gasteiger partial charge on any atom is -0.325 e. The molecular weight excluding hydrogens is 248 g/mol. The minimum atomic E-state index is 0.436. The third kappa shape index (κ3) is 1.91. The van der Waals surface area contributed by atoms with E-state index in [1.807, 2.05) is 29.8 Å². The Labute approximate surface area is 111 Å². The average molecular weight is 263 g/mol. The van der Waals surface area contributed by atoms with Crippen LogP contribution in [0.25, 0.3) is 5.69 Å². The first-order chi connectivity index (χ1) is 8.70. The van der Waals surface area contributed by atoms with Crippen LogP contribution in [0.2, 0.25) is 5.02 Å². The van der Waals surface area contributed by atoms with Crippen LogP contribution in [0.15, 0.2) is 18.2 Å². The van der Waals surface area contributed by atoms with Gasteiger partial charge in [0, 0.05) is 17.5 Å². The molecule has 5 heteroatoms. The molecule has 0 atom stereocenters. The van der Waals surface area contributed by atoms with E-state index >= 15 is 0 Å². The molecule has 1 aliphatic rings. The topological polar surface area (TPSA) is 56.7 Å². The van der Waals surface area contributed by atoms with Gasteiger partial charge in [-0.05, 0) is 37.5 Å². The summed E-state index contributed by atoms with van der Waals surface area (Å²) in [7, 11) is 0. The van der Waals surface area contributed by atoms with Crippen LogP contribution < -0.4 is 5.73 Å². The maximum atomic E-state index is 6.17. The number of aryl methyl sites for hydroxylation is 1. The minimum absolute atomic E-state index is 0.436. The normalized spacial score (nSPS) is 15.1. The largest absolute Gasteiger partial charge is 0.325 e. The van der Waals surface area contributed by atoms with Crippen molar-refractivity contribution in [2.75, 3.05) is 0 Å². The Morgan fingerprint density at radius 3 is 2.83 bits per heavy atom. The standard InChI is InChI=1S/C13H15ClN4/c1-8-2-5-10(6-11(8)14)18-13(9-3-4-9)12(7-15)16-17-18/h2,5-6,9H,3-4,7,15H2,1H3. The lowest BCUT2D eigenvalue weighted by molar-refractivity contribution is 0.763. The molecule has 0 unspecified atom stereocenters. The van der Waals surface area contributed by atoms with Crippen molar-refractivity contribution in [1.29, 1.82) is 0 Å². The van der Waals surface area contributed by atoms with Gasteiger partial charge in [0.2, 0.25) is 0 Å². The van der Waals surface area contributed by atoms with Crippen molar-refractivity contribution >= 4 is 11.6 Å². The molecule has 4 nitrogen and oxygen atoms in total. The maximum Gasteiger partial charge on any atom is 0.100 e. The summed E-state index contributed by atoms with van der Waals surface area (Å²) < 4.78 is 1.88. The van der Waals surface area contributed by atoms with Crippen molar-refractivity contribution in [3.05, 3.63) is 40.2 Å². The second kappa shape index (κ2) is 4.37.